The lowest BCUT2D eigenvalue weighted by Gasteiger charge is -1.99. The van der Waals surface area contributed by atoms with Crippen LogP contribution in [0.3, 0.4) is 0 Å². The van der Waals surface area contributed by atoms with Crippen LogP contribution in [0, 0.1) is 5.92 Å². The summed E-state index contributed by atoms with van der Waals surface area (Å²) >= 11 is 0. The van der Waals surface area contributed by atoms with Crippen molar-refractivity contribution in [1.29, 1.82) is 0 Å². The molecule has 0 saturated heterocycles. The number of ketones is 1. The van der Waals surface area contributed by atoms with Gasteiger partial charge in [0.2, 0.25) is 0 Å². The number of carbonyl (C=O) groups is 1. The summed E-state index contributed by atoms with van der Waals surface area (Å²) in [5, 5.41) is 0. The van der Waals surface area contributed by atoms with Crippen molar-refractivity contribution in [2.75, 3.05) is 6.54 Å². The van der Waals surface area contributed by atoms with Crippen LogP contribution in [0.4, 0.5) is 0 Å². The molecule has 1 aliphatic rings. The van der Waals surface area contributed by atoms with E-state index in [2.05, 4.69) is 0 Å². The molecule has 1 unspecified atom stereocenters. The number of Topliss-reactive ketones (excluding diaryl/α,β-unsaturated/α-hetero) is 1. The number of hydrogen-bond acceptors (Lipinski definition) is 2. The highest BCUT2D eigenvalue weighted by atomic mass is 35.5. The topological polar surface area (TPSA) is 43.1 Å². The van der Waals surface area contributed by atoms with Crippen LogP contribution in [0.25, 0.3) is 0 Å². The van der Waals surface area contributed by atoms with E-state index in [-0.39, 0.29) is 18.3 Å². The summed E-state index contributed by atoms with van der Waals surface area (Å²) in [5.74, 6) is 0.572. The minimum absolute atomic E-state index is 0. The van der Waals surface area contributed by atoms with E-state index < -0.39 is 0 Å². The van der Waals surface area contributed by atoms with Crippen molar-refractivity contribution in [3.63, 3.8) is 0 Å². The molecular weight excluding hydrogens is 138 g/mol. The Morgan fingerprint density at radius 1 is 1.67 bits per heavy atom. The monoisotopic (exact) mass is 149 g/mol. The summed E-state index contributed by atoms with van der Waals surface area (Å²) in [4.78, 5) is 10.7. The molecule has 0 aromatic heterocycles. The zero-order valence-electron chi connectivity index (χ0n) is 5.30. The Bertz CT molecular complexity index is 105. The van der Waals surface area contributed by atoms with Gasteiger partial charge in [-0.3, -0.25) is 4.79 Å². The SMILES string of the molecule is Cl.NCC1CCCC1=O. The summed E-state index contributed by atoms with van der Waals surface area (Å²) < 4.78 is 0. The Morgan fingerprint density at radius 3 is 2.56 bits per heavy atom. The van der Waals surface area contributed by atoms with Crippen LogP contribution in [0.1, 0.15) is 19.3 Å². The molecule has 0 aromatic rings. The van der Waals surface area contributed by atoms with Crippen LogP contribution in [0.5, 0.6) is 0 Å². The molecule has 0 heterocycles. The van der Waals surface area contributed by atoms with Crippen LogP contribution in [-0.2, 0) is 4.79 Å². The van der Waals surface area contributed by atoms with Crippen molar-refractivity contribution >= 4 is 18.2 Å². The molecule has 0 bridgehead atoms. The molecule has 1 atom stereocenters. The van der Waals surface area contributed by atoms with Gasteiger partial charge >= 0.3 is 0 Å². The predicted octanol–water partition coefficient (Wildman–Crippen LogP) is 0.736. The van der Waals surface area contributed by atoms with E-state index in [1.54, 1.807) is 0 Å². The molecule has 3 heteroatoms. The van der Waals surface area contributed by atoms with Gasteiger partial charge in [-0.1, -0.05) is 0 Å². The Balaban J connectivity index is 0.000000640. The first kappa shape index (κ1) is 8.92. The van der Waals surface area contributed by atoms with E-state index in [1.165, 1.54) is 0 Å². The molecule has 54 valence electrons. The fourth-order valence-corrected chi connectivity index (χ4v) is 1.14. The lowest BCUT2D eigenvalue weighted by Crippen LogP contribution is -2.17. The second-order valence-corrected chi connectivity index (χ2v) is 2.29. The maximum atomic E-state index is 10.7. The molecule has 2 nitrogen and oxygen atoms in total. The Morgan fingerprint density at radius 2 is 2.33 bits per heavy atom. The van der Waals surface area contributed by atoms with Crippen LogP contribution < -0.4 is 5.73 Å². The number of carbonyl (C=O) groups excluding carboxylic acids is 1. The summed E-state index contributed by atoms with van der Waals surface area (Å²) in [6, 6.07) is 0. The first-order valence-corrected chi connectivity index (χ1v) is 3.07. The van der Waals surface area contributed by atoms with E-state index >= 15 is 0 Å². The minimum atomic E-state index is 0. The largest absolute Gasteiger partial charge is 0.330 e. The fourth-order valence-electron chi connectivity index (χ4n) is 1.14. The van der Waals surface area contributed by atoms with Crippen molar-refractivity contribution in [1.82, 2.24) is 0 Å². The zero-order chi connectivity index (χ0) is 5.98. The molecule has 1 fully saturated rings. The van der Waals surface area contributed by atoms with E-state index in [1.807, 2.05) is 0 Å². The van der Waals surface area contributed by atoms with Crippen LogP contribution >= 0.6 is 12.4 Å². The molecule has 2 N–H and O–H groups in total. The van der Waals surface area contributed by atoms with Crippen LogP contribution in [0.2, 0.25) is 0 Å². The fraction of sp³-hybridized carbons (Fsp3) is 0.833. The first-order chi connectivity index (χ1) is 3.84. The van der Waals surface area contributed by atoms with Gasteiger partial charge < -0.3 is 5.73 Å². The van der Waals surface area contributed by atoms with E-state index in [4.69, 9.17) is 5.73 Å². The van der Waals surface area contributed by atoms with Crippen molar-refractivity contribution < 1.29 is 4.79 Å². The highest BCUT2D eigenvalue weighted by molar-refractivity contribution is 5.85. The molecule has 9 heavy (non-hydrogen) atoms. The smallest absolute Gasteiger partial charge is 0.137 e. The van der Waals surface area contributed by atoms with Gasteiger partial charge in [-0.2, -0.15) is 0 Å². The highest BCUT2D eigenvalue weighted by Crippen LogP contribution is 2.19. The normalized spacial score (nSPS) is 25.9. The third kappa shape index (κ3) is 1.95. The van der Waals surface area contributed by atoms with Crippen LogP contribution in [0.15, 0.2) is 0 Å². The molecule has 1 saturated carbocycles. The first-order valence-electron chi connectivity index (χ1n) is 3.07. The minimum Gasteiger partial charge on any atom is -0.330 e. The molecule has 0 radical (unpaired) electrons. The molecule has 0 amide bonds. The van der Waals surface area contributed by atoms with Gasteiger partial charge in [0.15, 0.2) is 0 Å². The van der Waals surface area contributed by atoms with Gasteiger partial charge in [-0.15, -0.1) is 12.4 Å². The van der Waals surface area contributed by atoms with E-state index in [0.29, 0.717) is 12.3 Å². The van der Waals surface area contributed by atoms with E-state index in [9.17, 15) is 4.79 Å². The van der Waals surface area contributed by atoms with Gasteiger partial charge in [-0.25, -0.2) is 0 Å². The highest BCUT2D eigenvalue weighted by Gasteiger charge is 2.21. The summed E-state index contributed by atoms with van der Waals surface area (Å²) in [5.41, 5.74) is 5.30. The number of nitrogens with two attached hydrogens (primary N) is 1. The molecule has 0 spiro atoms. The standard InChI is InChI=1S/C6H11NO.ClH/c7-4-5-2-1-3-6(5)8;/h5H,1-4,7H2;1H. The average Bonchev–Trinajstić information content (AvgIpc) is 2.14. The lowest BCUT2D eigenvalue weighted by atomic mass is 10.1. The summed E-state index contributed by atoms with van der Waals surface area (Å²) in [6.45, 7) is 0.554. The maximum Gasteiger partial charge on any atom is 0.137 e. The number of rotatable bonds is 1. The third-order valence-electron chi connectivity index (χ3n) is 1.72. The molecule has 0 aliphatic heterocycles. The maximum absolute atomic E-state index is 10.7. The molecular formula is C6H12ClNO. The molecule has 0 aromatic carbocycles. The number of hydrogen-bond donors (Lipinski definition) is 1. The summed E-state index contributed by atoms with van der Waals surface area (Å²) in [7, 11) is 0. The van der Waals surface area contributed by atoms with Crippen molar-refractivity contribution in [3.05, 3.63) is 0 Å². The van der Waals surface area contributed by atoms with Crippen molar-refractivity contribution in [2.45, 2.75) is 19.3 Å². The average molecular weight is 150 g/mol. The molecule has 1 aliphatic carbocycles. The van der Waals surface area contributed by atoms with Crippen LogP contribution in [-0.4, -0.2) is 12.3 Å². The van der Waals surface area contributed by atoms with E-state index in [0.717, 1.165) is 19.3 Å². The zero-order valence-corrected chi connectivity index (χ0v) is 6.12. The van der Waals surface area contributed by atoms with Gasteiger partial charge in [0, 0.05) is 18.9 Å². The number of halogens is 1. The van der Waals surface area contributed by atoms with Gasteiger partial charge in [0.25, 0.3) is 0 Å². The van der Waals surface area contributed by atoms with Gasteiger partial charge in [0.05, 0.1) is 0 Å². The Hall–Kier alpha value is -0.0800. The second-order valence-electron chi connectivity index (χ2n) is 2.29. The third-order valence-corrected chi connectivity index (χ3v) is 1.72. The van der Waals surface area contributed by atoms with Crippen molar-refractivity contribution in [3.8, 4) is 0 Å². The lowest BCUT2D eigenvalue weighted by molar-refractivity contribution is -0.120. The molecule has 1 rings (SSSR count). The van der Waals surface area contributed by atoms with Gasteiger partial charge in [0.1, 0.15) is 5.78 Å². The van der Waals surface area contributed by atoms with Crippen molar-refractivity contribution in [2.24, 2.45) is 11.7 Å². The summed E-state index contributed by atoms with van der Waals surface area (Å²) in [6.07, 6.45) is 2.85. The van der Waals surface area contributed by atoms with Gasteiger partial charge in [-0.05, 0) is 12.8 Å². The Labute approximate surface area is 61.2 Å². The predicted molar refractivity (Wildman–Crippen MR) is 38.7 cm³/mol. The Kier molecular flexibility index (Phi) is 3.82. The quantitative estimate of drug-likeness (QED) is 0.598. The second kappa shape index (κ2) is 3.85.